The van der Waals surface area contributed by atoms with Gasteiger partial charge in [0, 0.05) is 22.5 Å². The van der Waals surface area contributed by atoms with E-state index >= 15 is 4.32 Å². The predicted molar refractivity (Wildman–Crippen MR) is 182 cm³/mol. The molecule has 6 aromatic rings. The highest BCUT2D eigenvalue weighted by Gasteiger charge is 2.26. The maximum absolute atomic E-state index is 15.8. The highest BCUT2D eigenvalue weighted by atomic mass is 19.1. The number of aliphatic imine (C=N–C) groups is 1. The van der Waals surface area contributed by atoms with Crippen LogP contribution in [0.25, 0.3) is 38.4 Å². The molecule has 0 N–H and O–H groups in total. The van der Waals surface area contributed by atoms with Crippen molar-refractivity contribution >= 4 is 40.0 Å². The number of halogens is 1. The van der Waals surface area contributed by atoms with E-state index in [4.69, 9.17) is 4.99 Å². The monoisotopic (exact) mass is 558 g/mol. The van der Waals surface area contributed by atoms with Gasteiger partial charge in [-0.2, -0.15) is 0 Å². The van der Waals surface area contributed by atoms with Crippen LogP contribution in [0.4, 0.5) is 4.32 Å². The first-order valence-corrected chi connectivity index (χ1v) is 14.8. The van der Waals surface area contributed by atoms with E-state index in [1.54, 1.807) is 6.82 Å². The molecule has 1 aliphatic rings. The summed E-state index contributed by atoms with van der Waals surface area (Å²) < 4.78 is 17.6. The van der Waals surface area contributed by atoms with E-state index in [-0.39, 0.29) is 0 Å². The molecule has 1 aromatic heterocycles. The zero-order chi connectivity index (χ0) is 29.7. The Labute approximate surface area is 252 Å². The van der Waals surface area contributed by atoms with Gasteiger partial charge < -0.3 is 8.79 Å². The average molecular weight is 559 g/mol. The van der Waals surface area contributed by atoms with Gasteiger partial charge in [-0.15, -0.1) is 0 Å². The SMILES string of the molecule is CB(F)n1c(/C(=C2/C=CC(c3ccc4ccccc4c3)=N2)c2c(C)cc(C)cc2C)ccc1-c1ccc2ccccc2c1. The topological polar surface area (TPSA) is 17.3 Å². The largest absolute Gasteiger partial charge is 0.462 e. The summed E-state index contributed by atoms with van der Waals surface area (Å²) in [5, 5.41) is 4.68. The van der Waals surface area contributed by atoms with Gasteiger partial charge >= 0.3 is 7.12 Å². The summed E-state index contributed by atoms with van der Waals surface area (Å²) in [5.74, 6) is 0. The van der Waals surface area contributed by atoms with Crippen molar-refractivity contribution < 1.29 is 4.32 Å². The van der Waals surface area contributed by atoms with E-state index in [1.165, 1.54) is 21.7 Å². The van der Waals surface area contributed by atoms with Gasteiger partial charge in [0.05, 0.1) is 11.4 Å². The smallest absolute Gasteiger partial charge is 0.356 e. The number of nitrogens with zero attached hydrogens (tertiary/aromatic N) is 2. The Kier molecular flexibility index (Phi) is 6.70. The molecule has 0 bridgehead atoms. The maximum Gasteiger partial charge on any atom is 0.462 e. The van der Waals surface area contributed by atoms with Gasteiger partial charge in [-0.3, -0.25) is 0 Å². The number of hydrogen-bond acceptors (Lipinski definition) is 1. The molecule has 0 amide bonds. The Morgan fingerprint density at radius 1 is 0.651 bits per heavy atom. The van der Waals surface area contributed by atoms with Gasteiger partial charge in [0.1, 0.15) is 0 Å². The van der Waals surface area contributed by atoms with E-state index in [2.05, 4.69) is 124 Å². The number of benzene rings is 5. The molecule has 0 aliphatic carbocycles. The van der Waals surface area contributed by atoms with E-state index in [0.29, 0.717) is 0 Å². The summed E-state index contributed by atoms with van der Waals surface area (Å²) in [7, 11) is -1.25. The molecule has 0 atom stereocenters. The van der Waals surface area contributed by atoms with Gasteiger partial charge in [0.15, 0.2) is 0 Å². The van der Waals surface area contributed by atoms with Crippen molar-refractivity contribution in [2.24, 2.45) is 4.99 Å². The molecule has 0 saturated carbocycles. The van der Waals surface area contributed by atoms with Crippen LogP contribution in [-0.4, -0.2) is 17.3 Å². The molecule has 7 rings (SSSR count). The summed E-state index contributed by atoms with van der Waals surface area (Å²) in [6.07, 6.45) is 4.16. The second-order valence-corrected chi connectivity index (χ2v) is 11.5. The number of allylic oxidation sites excluding steroid dienone is 2. The minimum atomic E-state index is -1.25. The molecule has 0 radical (unpaired) electrons. The molecule has 43 heavy (non-hydrogen) atoms. The van der Waals surface area contributed by atoms with E-state index < -0.39 is 7.12 Å². The minimum Gasteiger partial charge on any atom is -0.356 e. The first-order valence-electron chi connectivity index (χ1n) is 14.8. The first-order chi connectivity index (χ1) is 20.9. The van der Waals surface area contributed by atoms with E-state index in [9.17, 15) is 0 Å². The zero-order valence-electron chi connectivity index (χ0n) is 24.9. The second-order valence-electron chi connectivity index (χ2n) is 11.5. The van der Waals surface area contributed by atoms with Crippen LogP contribution in [0.3, 0.4) is 0 Å². The number of aryl methyl sites for hydroxylation is 3. The third-order valence-corrected chi connectivity index (χ3v) is 8.44. The van der Waals surface area contributed by atoms with Crippen molar-refractivity contribution in [2.45, 2.75) is 27.6 Å². The Morgan fingerprint density at radius 2 is 1.23 bits per heavy atom. The number of aromatic nitrogens is 1. The molecule has 2 heterocycles. The average Bonchev–Trinajstić information content (AvgIpc) is 3.67. The lowest BCUT2D eigenvalue weighted by molar-refractivity contribution is 0.798. The molecule has 2 nitrogen and oxygen atoms in total. The fourth-order valence-corrected chi connectivity index (χ4v) is 6.59. The van der Waals surface area contributed by atoms with E-state index in [1.807, 2.05) is 22.7 Å². The van der Waals surface area contributed by atoms with Crippen LogP contribution in [0.2, 0.25) is 6.82 Å². The Bertz CT molecular complexity index is 2120. The van der Waals surface area contributed by atoms with Gasteiger partial charge in [-0.25, -0.2) is 4.99 Å². The Hall–Kier alpha value is -4.96. The second kappa shape index (κ2) is 10.7. The number of rotatable bonds is 5. The van der Waals surface area contributed by atoms with Crippen LogP contribution in [0.5, 0.6) is 0 Å². The van der Waals surface area contributed by atoms with Crippen molar-refractivity contribution in [1.29, 1.82) is 0 Å². The van der Waals surface area contributed by atoms with Gasteiger partial charge in [0.25, 0.3) is 0 Å². The standard InChI is InChI=1S/C39H32BFN2/c1-25-21-26(2)38(27(3)22-25)39(35-18-17-34(42-35)32-15-13-28-9-5-7-11-30(28)23-32)37-20-19-36(43(37)40(4)41)33-16-14-29-10-6-8-12-31(29)24-33/h5-24H,1-4H3/b39-35+. The van der Waals surface area contributed by atoms with Crippen LogP contribution in [0.15, 0.2) is 132 Å². The van der Waals surface area contributed by atoms with Crippen molar-refractivity contribution in [2.75, 3.05) is 0 Å². The predicted octanol–water partition coefficient (Wildman–Crippen LogP) is 10.1. The molecule has 208 valence electrons. The minimum absolute atomic E-state index is 0.816. The molecule has 0 spiro atoms. The van der Waals surface area contributed by atoms with Gasteiger partial charge in [0.2, 0.25) is 0 Å². The lowest BCUT2D eigenvalue weighted by Crippen LogP contribution is -2.19. The molecule has 4 heteroatoms. The third-order valence-electron chi connectivity index (χ3n) is 8.44. The fraction of sp³-hybridized carbons (Fsp3) is 0.103. The lowest BCUT2D eigenvalue weighted by atomic mass is 9.86. The molecule has 0 fully saturated rings. The summed E-state index contributed by atoms with van der Waals surface area (Å²) >= 11 is 0. The van der Waals surface area contributed by atoms with Crippen molar-refractivity contribution in [3.63, 3.8) is 0 Å². The highest BCUT2D eigenvalue weighted by Crippen LogP contribution is 2.39. The first kappa shape index (κ1) is 26.9. The summed E-state index contributed by atoms with van der Waals surface area (Å²) in [6, 6.07) is 37.9. The van der Waals surface area contributed by atoms with Crippen LogP contribution in [0.1, 0.15) is 33.5 Å². The maximum atomic E-state index is 15.8. The van der Waals surface area contributed by atoms with Crippen LogP contribution in [-0.2, 0) is 0 Å². The Balaban J connectivity index is 1.45. The zero-order valence-corrected chi connectivity index (χ0v) is 24.9. The number of hydrogen-bond donors (Lipinski definition) is 0. The Morgan fingerprint density at radius 3 is 1.86 bits per heavy atom. The number of fused-ring (bicyclic) bond motifs is 2. The molecule has 0 unspecified atom stereocenters. The molecular weight excluding hydrogens is 526 g/mol. The van der Waals surface area contributed by atoms with E-state index in [0.717, 1.165) is 61.6 Å². The third kappa shape index (κ3) is 4.83. The quantitative estimate of drug-likeness (QED) is 0.187. The fourth-order valence-electron chi connectivity index (χ4n) is 6.59. The highest BCUT2D eigenvalue weighted by molar-refractivity contribution is 6.49. The van der Waals surface area contributed by atoms with Gasteiger partial charge in [-0.1, -0.05) is 90.5 Å². The molecule has 1 aliphatic heterocycles. The molecule has 0 saturated heterocycles. The normalized spacial score (nSPS) is 14.0. The van der Waals surface area contributed by atoms with Crippen molar-refractivity contribution in [3.05, 3.63) is 161 Å². The van der Waals surface area contributed by atoms with Crippen molar-refractivity contribution in [3.8, 4) is 11.3 Å². The van der Waals surface area contributed by atoms with Crippen LogP contribution >= 0.6 is 0 Å². The van der Waals surface area contributed by atoms with Crippen LogP contribution in [0, 0.1) is 20.8 Å². The van der Waals surface area contributed by atoms with Crippen molar-refractivity contribution in [1.82, 2.24) is 4.48 Å². The molecular formula is C39H32BFN2. The van der Waals surface area contributed by atoms with Crippen LogP contribution < -0.4 is 0 Å². The van der Waals surface area contributed by atoms with Gasteiger partial charge in [-0.05, 0) is 108 Å². The summed E-state index contributed by atoms with van der Waals surface area (Å²) in [6.45, 7) is 8.00. The summed E-state index contributed by atoms with van der Waals surface area (Å²) in [4.78, 5) is 5.20. The summed E-state index contributed by atoms with van der Waals surface area (Å²) in [5.41, 5.74) is 11.0. The lowest BCUT2D eigenvalue weighted by Gasteiger charge is -2.20. The molecule has 5 aromatic carbocycles.